The number of cyclic esters (lactones) is 1. The van der Waals surface area contributed by atoms with Crippen molar-refractivity contribution >= 4 is 47.8 Å². The normalized spacial score (nSPS) is 26.9. The van der Waals surface area contributed by atoms with E-state index in [1.165, 1.54) is 21.3 Å². The van der Waals surface area contributed by atoms with Crippen LogP contribution in [-0.4, -0.2) is 157 Å². The second-order valence-electron chi connectivity index (χ2n) is 21.7. The van der Waals surface area contributed by atoms with Gasteiger partial charge in [-0.1, -0.05) is 48.5 Å². The summed E-state index contributed by atoms with van der Waals surface area (Å²) in [5.41, 5.74) is 1.58. The number of ether oxygens (including phenoxy) is 17. The lowest BCUT2D eigenvalue weighted by molar-refractivity contribution is -0.366. The summed E-state index contributed by atoms with van der Waals surface area (Å²) in [5, 5.41) is 0. The Morgan fingerprint density at radius 2 is 0.862 bits per heavy atom. The molecule has 3 fully saturated rings. The molecular formula is C62H84O25. The molecule has 7 rings (SSSR count). The van der Waals surface area contributed by atoms with Gasteiger partial charge in [0.05, 0.1) is 40.0 Å². The number of esters is 8. The average molecular weight is 1230 g/mol. The minimum atomic E-state index is -1.91. The van der Waals surface area contributed by atoms with Crippen LogP contribution < -0.4 is 23.7 Å². The van der Waals surface area contributed by atoms with E-state index in [0.717, 1.165) is 0 Å². The van der Waals surface area contributed by atoms with Crippen molar-refractivity contribution in [2.75, 3.05) is 47.9 Å². The lowest BCUT2D eigenvalue weighted by Gasteiger charge is -2.49. The van der Waals surface area contributed by atoms with E-state index >= 15 is 0 Å². The van der Waals surface area contributed by atoms with E-state index in [2.05, 4.69) is 0 Å². The highest BCUT2D eigenvalue weighted by atomic mass is 16.8. The van der Waals surface area contributed by atoms with Crippen molar-refractivity contribution in [2.45, 2.75) is 212 Å². The summed E-state index contributed by atoms with van der Waals surface area (Å²) in [6.07, 6.45) is -16.6. The molecule has 2 aromatic carbocycles. The Kier molecular flexibility index (Phi) is 25.1. The fraction of sp³-hybridized carbons (Fsp3) is 0.677. The number of fused-ring (bicyclic) bond motifs is 3. The molecule has 4 heterocycles. The van der Waals surface area contributed by atoms with Crippen molar-refractivity contribution in [3.05, 3.63) is 41.0 Å². The van der Waals surface area contributed by atoms with E-state index in [1.54, 1.807) is 72.7 Å². The molecule has 0 spiro atoms. The molecule has 482 valence electrons. The number of hydrogen-bond acceptors (Lipinski definition) is 25. The van der Waals surface area contributed by atoms with Crippen molar-refractivity contribution < 1.29 is 119 Å². The predicted octanol–water partition coefficient (Wildman–Crippen LogP) is 7.51. The minimum Gasteiger partial charge on any atom is -0.493 e. The maximum absolute atomic E-state index is 14.4. The largest absolute Gasteiger partial charge is 0.493 e. The van der Waals surface area contributed by atoms with Crippen LogP contribution in [0.3, 0.4) is 0 Å². The molecule has 87 heavy (non-hydrogen) atoms. The maximum atomic E-state index is 14.4. The van der Waals surface area contributed by atoms with Gasteiger partial charge in [-0.15, -0.1) is 0 Å². The van der Waals surface area contributed by atoms with E-state index in [4.69, 9.17) is 80.5 Å². The number of methoxy groups -OCH3 is 3. The van der Waals surface area contributed by atoms with Gasteiger partial charge in [0.15, 0.2) is 66.1 Å². The van der Waals surface area contributed by atoms with Crippen LogP contribution in [0.4, 0.5) is 0 Å². The van der Waals surface area contributed by atoms with Crippen LogP contribution >= 0.6 is 0 Å². The number of carbonyl (C=O) groups excluding carboxylic acids is 8. The summed E-state index contributed by atoms with van der Waals surface area (Å²) in [5.74, 6) is -6.76. The highest BCUT2D eigenvalue weighted by Gasteiger charge is 2.60. The Balaban J connectivity index is 1.41. The van der Waals surface area contributed by atoms with Crippen LogP contribution in [-0.2, 0) is 95.2 Å². The lowest BCUT2D eigenvalue weighted by Crippen LogP contribution is -2.67. The van der Waals surface area contributed by atoms with Crippen molar-refractivity contribution in [1.29, 1.82) is 0 Å². The van der Waals surface area contributed by atoms with Gasteiger partial charge < -0.3 is 80.5 Å². The molecule has 0 bridgehead atoms. The molecule has 4 aliphatic heterocycles. The average Bonchev–Trinajstić information content (AvgIpc) is 1.83. The van der Waals surface area contributed by atoms with Gasteiger partial charge in [-0.3, -0.25) is 38.4 Å². The standard InChI is InChI=1S/C62H84O25/c1-11-18-43(63)74-30-41-54(81-45(65)20-13-3)56(82-46(66)21-14-4)58(84-48(68)23-16-6)62(79-41)87-55-42(31-75-44(64)19-12-2)80-61(59(85-49(69)24-17-7)57(55)83-47(67)22-15-5)86-52-35-28-38-37(77-32-78-38)27-34(35)50(51-36(52)29-76-60(51)70)33-25-39(71-8)53(73-10)40(26-33)72-9/h25-28,36,41-42,50-52,54-59,61-62H,11-24,29-32H2,1-10H3/t36-,41+,42+,50+,51-,52+,54-,55+,56-,57-,58+,59+,61+,62-/m0/s1. The first kappa shape index (κ1) is 67.5. The number of hydrogen-bond donors (Lipinski definition) is 0. The lowest BCUT2D eigenvalue weighted by atomic mass is 9.66. The third-order valence-electron chi connectivity index (χ3n) is 15.3. The Morgan fingerprint density at radius 3 is 1.31 bits per heavy atom. The number of benzene rings is 2. The molecule has 25 nitrogen and oxygen atoms in total. The third-order valence-corrected chi connectivity index (χ3v) is 15.3. The van der Waals surface area contributed by atoms with Gasteiger partial charge in [0.2, 0.25) is 12.5 Å². The van der Waals surface area contributed by atoms with Gasteiger partial charge in [0.25, 0.3) is 0 Å². The highest BCUT2D eigenvalue weighted by Crippen LogP contribution is 2.57. The first-order chi connectivity index (χ1) is 42.0. The fourth-order valence-corrected chi connectivity index (χ4v) is 11.3. The molecule has 2 aromatic rings. The highest BCUT2D eigenvalue weighted by molar-refractivity contribution is 5.79. The van der Waals surface area contributed by atoms with Crippen LogP contribution in [0.2, 0.25) is 0 Å². The molecule has 0 aromatic heterocycles. The number of rotatable bonds is 31. The molecule has 0 radical (unpaired) electrons. The van der Waals surface area contributed by atoms with Gasteiger partial charge in [0.1, 0.15) is 31.5 Å². The molecule has 0 saturated carbocycles. The Labute approximate surface area is 506 Å². The third kappa shape index (κ3) is 16.4. The monoisotopic (exact) mass is 1230 g/mol. The molecule has 0 amide bonds. The zero-order valence-electron chi connectivity index (χ0n) is 51.3. The Bertz CT molecular complexity index is 2680. The van der Waals surface area contributed by atoms with Crippen LogP contribution in [0.25, 0.3) is 0 Å². The quantitative estimate of drug-likeness (QED) is 0.0521. The van der Waals surface area contributed by atoms with Crippen molar-refractivity contribution in [3.8, 4) is 28.7 Å². The van der Waals surface area contributed by atoms with Gasteiger partial charge in [-0.25, -0.2) is 0 Å². The summed E-state index contributed by atoms with van der Waals surface area (Å²) >= 11 is 0. The van der Waals surface area contributed by atoms with Gasteiger partial charge in [-0.05, 0) is 85.9 Å². The molecule has 0 unspecified atom stereocenters. The van der Waals surface area contributed by atoms with Crippen molar-refractivity contribution in [2.24, 2.45) is 11.8 Å². The van der Waals surface area contributed by atoms with E-state index in [-0.39, 0.29) is 64.8 Å². The molecule has 5 aliphatic rings. The molecule has 0 N–H and O–H groups in total. The smallest absolute Gasteiger partial charge is 0.310 e. The first-order valence-electron chi connectivity index (χ1n) is 30.3. The van der Waals surface area contributed by atoms with Gasteiger partial charge in [0, 0.05) is 56.8 Å². The number of carbonyl (C=O) groups is 8. The van der Waals surface area contributed by atoms with E-state index < -0.39 is 146 Å². The van der Waals surface area contributed by atoms with Crippen LogP contribution in [0, 0.1) is 11.8 Å². The van der Waals surface area contributed by atoms with E-state index in [1.807, 2.05) is 0 Å². The van der Waals surface area contributed by atoms with Gasteiger partial charge in [-0.2, -0.15) is 0 Å². The summed E-state index contributed by atoms with van der Waals surface area (Å²) in [6.45, 7) is 10.7. The van der Waals surface area contributed by atoms with Crippen LogP contribution in [0.5, 0.6) is 28.7 Å². The van der Waals surface area contributed by atoms with E-state index in [0.29, 0.717) is 84.0 Å². The van der Waals surface area contributed by atoms with Crippen molar-refractivity contribution in [3.63, 3.8) is 0 Å². The van der Waals surface area contributed by atoms with Crippen LogP contribution in [0.15, 0.2) is 24.3 Å². The summed E-state index contributed by atoms with van der Waals surface area (Å²) in [4.78, 5) is 110. The molecule has 1 aliphatic carbocycles. The van der Waals surface area contributed by atoms with Crippen molar-refractivity contribution in [1.82, 2.24) is 0 Å². The second-order valence-corrected chi connectivity index (χ2v) is 21.7. The van der Waals surface area contributed by atoms with E-state index in [9.17, 15) is 38.4 Å². The minimum absolute atomic E-state index is 0.00157. The van der Waals surface area contributed by atoms with Crippen LogP contribution in [0.1, 0.15) is 167 Å². The molecular weight excluding hydrogens is 1140 g/mol. The SMILES string of the molecule is CCCC(=O)OC[C@H]1O[C@@H](O[C@H]2[C@H](OC(=O)CCC)[C@@H](OC(=O)CCC)[C@@H](O[C@@H]3c4cc5c(cc4[C@@H](c4cc(OC)c(OC)c(OC)c4)[C@H]4C(=O)OC[C@@H]43)OCO5)O[C@@H]2COC(=O)CCC)[C@H](OC(=O)CCC)[C@@H](OC(=O)CCC)[C@H]1OC(=O)CCC. The summed E-state index contributed by atoms with van der Waals surface area (Å²) < 4.78 is 105. The summed E-state index contributed by atoms with van der Waals surface area (Å²) in [7, 11) is 4.41. The molecule has 3 saturated heterocycles. The molecule has 14 atom stereocenters. The Morgan fingerprint density at radius 1 is 0.460 bits per heavy atom. The Hall–Kier alpha value is -6.96. The zero-order chi connectivity index (χ0) is 62.9. The predicted molar refractivity (Wildman–Crippen MR) is 300 cm³/mol. The summed E-state index contributed by atoms with van der Waals surface area (Å²) in [6, 6.07) is 6.93. The molecule has 25 heteroatoms. The zero-order valence-corrected chi connectivity index (χ0v) is 51.3. The second kappa shape index (κ2) is 32.3. The van der Waals surface area contributed by atoms with Gasteiger partial charge >= 0.3 is 47.8 Å². The topological polar surface area (TPSA) is 293 Å². The fourth-order valence-electron chi connectivity index (χ4n) is 11.3. The first-order valence-corrected chi connectivity index (χ1v) is 30.3. The maximum Gasteiger partial charge on any atom is 0.310 e.